The van der Waals surface area contributed by atoms with Gasteiger partial charge in [0, 0.05) is 31.6 Å². The lowest BCUT2D eigenvalue weighted by Crippen LogP contribution is -2.22. The molecule has 1 atom stereocenters. The van der Waals surface area contributed by atoms with Crippen LogP contribution in [0.4, 0.5) is 21.5 Å². The van der Waals surface area contributed by atoms with Gasteiger partial charge in [-0.1, -0.05) is 6.07 Å². The Balaban J connectivity index is 1.71. The predicted molar refractivity (Wildman–Crippen MR) is 101 cm³/mol. The van der Waals surface area contributed by atoms with Crippen molar-refractivity contribution in [2.24, 2.45) is 5.92 Å². The molecule has 0 saturated carbocycles. The van der Waals surface area contributed by atoms with Gasteiger partial charge in [0.2, 0.25) is 0 Å². The summed E-state index contributed by atoms with van der Waals surface area (Å²) in [6.07, 6.45) is 1.83. The second-order valence-electron chi connectivity index (χ2n) is 6.64. The smallest absolute Gasteiger partial charge is 0.310 e. The molecule has 3 rings (SSSR count). The topological polar surface area (TPSA) is 92.6 Å². The molecular formula is C18H20FN3O4S. The molecule has 144 valence electrons. The quantitative estimate of drug-likeness (QED) is 0.599. The highest BCUT2D eigenvalue weighted by Gasteiger charge is 2.27. The molecule has 0 bridgehead atoms. The first-order chi connectivity index (χ1) is 12.8. The second-order valence-corrected chi connectivity index (χ2v) is 8.62. The molecule has 2 aromatic carbocycles. The zero-order chi connectivity index (χ0) is 19.6. The second kappa shape index (κ2) is 7.51. The standard InChI is InChI=1S/C18H20FN3O4S/c1-27(25,26)17-4-2-3-16(18(17)22(23)24)20-11-13-9-10-21(12-13)15-7-5-14(19)6-8-15/h2-8,13,20H,9-12H2,1H3. The molecule has 0 aromatic heterocycles. The summed E-state index contributed by atoms with van der Waals surface area (Å²) in [6.45, 7) is 2.02. The Labute approximate surface area is 156 Å². The molecule has 1 N–H and O–H groups in total. The monoisotopic (exact) mass is 393 g/mol. The van der Waals surface area contributed by atoms with Gasteiger partial charge in [0.25, 0.3) is 0 Å². The van der Waals surface area contributed by atoms with E-state index in [0.717, 1.165) is 31.5 Å². The average molecular weight is 393 g/mol. The van der Waals surface area contributed by atoms with E-state index >= 15 is 0 Å². The van der Waals surface area contributed by atoms with E-state index in [4.69, 9.17) is 0 Å². The number of halogens is 1. The van der Waals surface area contributed by atoms with Crippen LogP contribution in [0, 0.1) is 21.8 Å². The van der Waals surface area contributed by atoms with Crippen molar-refractivity contribution in [3.05, 3.63) is 58.4 Å². The number of para-hydroxylation sites is 1. The van der Waals surface area contributed by atoms with Crippen LogP contribution in [0.1, 0.15) is 6.42 Å². The fraction of sp³-hybridized carbons (Fsp3) is 0.333. The van der Waals surface area contributed by atoms with E-state index in [9.17, 15) is 22.9 Å². The summed E-state index contributed by atoms with van der Waals surface area (Å²) in [6, 6.07) is 10.5. The number of benzene rings is 2. The van der Waals surface area contributed by atoms with Crippen molar-refractivity contribution < 1.29 is 17.7 Å². The van der Waals surface area contributed by atoms with E-state index in [-0.39, 0.29) is 22.3 Å². The Morgan fingerprint density at radius 1 is 1.26 bits per heavy atom. The van der Waals surface area contributed by atoms with Crippen LogP contribution < -0.4 is 10.2 Å². The molecule has 9 heteroatoms. The number of hydrogen-bond donors (Lipinski definition) is 1. The van der Waals surface area contributed by atoms with E-state index in [1.807, 2.05) is 0 Å². The number of rotatable bonds is 6. The summed E-state index contributed by atoms with van der Waals surface area (Å²) in [4.78, 5) is 12.6. The molecule has 7 nitrogen and oxygen atoms in total. The number of sulfone groups is 1. The van der Waals surface area contributed by atoms with Crippen LogP contribution in [0.5, 0.6) is 0 Å². The molecule has 1 unspecified atom stereocenters. The van der Waals surface area contributed by atoms with Crippen LogP contribution in [-0.4, -0.2) is 39.2 Å². The van der Waals surface area contributed by atoms with Crippen LogP contribution >= 0.6 is 0 Å². The third-order valence-corrected chi connectivity index (χ3v) is 5.77. The summed E-state index contributed by atoms with van der Waals surface area (Å²) in [7, 11) is -3.71. The lowest BCUT2D eigenvalue weighted by Gasteiger charge is -2.19. The van der Waals surface area contributed by atoms with Crippen LogP contribution in [0.25, 0.3) is 0 Å². The molecule has 0 radical (unpaired) electrons. The van der Waals surface area contributed by atoms with E-state index < -0.39 is 20.4 Å². The molecular weight excluding hydrogens is 373 g/mol. The Hall–Kier alpha value is -2.68. The molecule has 2 aromatic rings. The zero-order valence-electron chi connectivity index (χ0n) is 14.8. The normalized spacial score (nSPS) is 17.1. The summed E-state index contributed by atoms with van der Waals surface area (Å²) in [5, 5.41) is 14.4. The maximum Gasteiger partial charge on any atom is 0.310 e. The highest BCUT2D eigenvalue weighted by molar-refractivity contribution is 7.90. The summed E-state index contributed by atoms with van der Waals surface area (Å²) >= 11 is 0. The third-order valence-electron chi connectivity index (χ3n) is 4.64. The van der Waals surface area contributed by atoms with Crippen molar-refractivity contribution in [3.63, 3.8) is 0 Å². The maximum atomic E-state index is 13.1. The Morgan fingerprint density at radius 2 is 1.96 bits per heavy atom. The zero-order valence-corrected chi connectivity index (χ0v) is 15.6. The van der Waals surface area contributed by atoms with Crippen molar-refractivity contribution in [2.75, 3.05) is 36.1 Å². The minimum Gasteiger partial charge on any atom is -0.379 e. The fourth-order valence-corrected chi connectivity index (χ4v) is 4.15. The molecule has 0 spiro atoms. The summed E-state index contributed by atoms with van der Waals surface area (Å²) in [5.41, 5.74) is 0.709. The van der Waals surface area contributed by atoms with Crippen molar-refractivity contribution in [2.45, 2.75) is 11.3 Å². The number of nitrogens with zero attached hydrogens (tertiary/aromatic N) is 2. The lowest BCUT2D eigenvalue weighted by molar-refractivity contribution is -0.386. The molecule has 27 heavy (non-hydrogen) atoms. The van der Waals surface area contributed by atoms with Crippen LogP contribution in [0.15, 0.2) is 47.4 Å². The van der Waals surface area contributed by atoms with Gasteiger partial charge in [0.05, 0.1) is 4.92 Å². The van der Waals surface area contributed by atoms with Gasteiger partial charge in [-0.2, -0.15) is 0 Å². The fourth-order valence-electron chi connectivity index (χ4n) is 3.29. The molecule has 1 aliphatic rings. The molecule has 0 amide bonds. The number of nitrogens with one attached hydrogen (secondary N) is 1. The van der Waals surface area contributed by atoms with Crippen molar-refractivity contribution in [3.8, 4) is 0 Å². The van der Waals surface area contributed by atoms with Crippen molar-refractivity contribution in [1.82, 2.24) is 0 Å². The maximum absolute atomic E-state index is 13.1. The van der Waals surface area contributed by atoms with Gasteiger partial charge in [-0.3, -0.25) is 10.1 Å². The number of hydrogen-bond acceptors (Lipinski definition) is 6. The minimum atomic E-state index is -3.71. The number of anilines is 2. The molecule has 1 heterocycles. The van der Waals surface area contributed by atoms with Gasteiger partial charge in [0.15, 0.2) is 9.84 Å². The SMILES string of the molecule is CS(=O)(=O)c1cccc(NCC2CCN(c3ccc(F)cc3)C2)c1[N+](=O)[O-]. The van der Waals surface area contributed by atoms with Crippen LogP contribution in [0.3, 0.4) is 0 Å². The Bertz CT molecular complexity index is 948. The molecule has 1 aliphatic heterocycles. The Morgan fingerprint density at radius 3 is 2.59 bits per heavy atom. The van der Waals surface area contributed by atoms with Gasteiger partial charge < -0.3 is 10.2 Å². The van der Waals surface area contributed by atoms with E-state index in [0.29, 0.717) is 6.54 Å². The van der Waals surface area contributed by atoms with E-state index in [2.05, 4.69) is 10.2 Å². The van der Waals surface area contributed by atoms with Gasteiger partial charge >= 0.3 is 5.69 Å². The van der Waals surface area contributed by atoms with Crippen LogP contribution in [0.2, 0.25) is 0 Å². The summed E-state index contributed by atoms with van der Waals surface area (Å²) < 4.78 is 36.7. The number of nitro groups is 1. The van der Waals surface area contributed by atoms with E-state index in [1.54, 1.807) is 12.1 Å². The van der Waals surface area contributed by atoms with Gasteiger partial charge in [-0.05, 0) is 48.7 Å². The Kier molecular flexibility index (Phi) is 5.31. The molecule has 1 fully saturated rings. The highest BCUT2D eigenvalue weighted by atomic mass is 32.2. The first-order valence-electron chi connectivity index (χ1n) is 8.47. The first-order valence-corrected chi connectivity index (χ1v) is 10.4. The van der Waals surface area contributed by atoms with Crippen molar-refractivity contribution in [1.29, 1.82) is 0 Å². The summed E-state index contributed by atoms with van der Waals surface area (Å²) in [5.74, 6) is -0.0502. The molecule has 0 aliphatic carbocycles. The largest absolute Gasteiger partial charge is 0.379 e. The highest BCUT2D eigenvalue weighted by Crippen LogP contribution is 2.32. The van der Waals surface area contributed by atoms with Gasteiger partial charge in [-0.15, -0.1) is 0 Å². The van der Waals surface area contributed by atoms with Crippen LogP contribution in [-0.2, 0) is 9.84 Å². The van der Waals surface area contributed by atoms with Gasteiger partial charge in [-0.25, -0.2) is 12.8 Å². The molecule has 1 saturated heterocycles. The van der Waals surface area contributed by atoms with Gasteiger partial charge in [0.1, 0.15) is 16.4 Å². The minimum absolute atomic E-state index is 0.197. The van der Waals surface area contributed by atoms with E-state index in [1.165, 1.54) is 30.3 Å². The number of nitro benzene ring substituents is 1. The predicted octanol–water partition coefficient (Wildman–Crippen LogP) is 3.08. The third kappa shape index (κ3) is 4.36. The van der Waals surface area contributed by atoms with Crippen molar-refractivity contribution >= 4 is 26.9 Å². The average Bonchev–Trinajstić information content (AvgIpc) is 3.08. The first kappa shape index (κ1) is 19.1. The lowest BCUT2D eigenvalue weighted by atomic mass is 10.1.